The summed E-state index contributed by atoms with van der Waals surface area (Å²) in [4.78, 5) is 18.9. The van der Waals surface area contributed by atoms with Crippen LogP contribution >= 0.6 is 0 Å². The number of anilines is 2. The lowest BCUT2D eigenvalue weighted by Gasteiger charge is -2.04. The molecule has 1 heterocycles. The molecule has 0 bridgehead atoms. The van der Waals surface area contributed by atoms with Gasteiger partial charge < -0.3 is 15.8 Å². The minimum absolute atomic E-state index is 0.178. The van der Waals surface area contributed by atoms with Gasteiger partial charge in [0.05, 0.1) is 24.7 Å². The van der Waals surface area contributed by atoms with Crippen molar-refractivity contribution in [1.29, 1.82) is 0 Å². The minimum Gasteiger partial charge on any atom is -0.466 e. The highest BCUT2D eigenvalue weighted by molar-refractivity contribution is 5.69. The van der Waals surface area contributed by atoms with Gasteiger partial charge in [-0.1, -0.05) is 0 Å². The molecule has 6 nitrogen and oxygen atoms in total. The quantitative estimate of drug-likeness (QED) is 0.549. The summed E-state index contributed by atoms with van der Waals surface area (Å²) in [6.07, 6.45) is 4.14. The van der Waals surface area contributed by atoms with Crippen LogP contribution in [0.5, 0.6) is 0 Å². The molecule has 0 unspecified atom stereocenters. The first-order chi connectivity index (χ1) is 7.72. The van der Waals surface area contributed by atoms with Crippen molar-refractivity contribution in [3.63, 3.8) is 0 Å². The molecule has 88 valence electrons. The van der Waals surface area contributed by atoms with Gasteiger partial charge in [-0.3, -0.25) is 4.79 Å². The Morgan fingerprint density at radius 1 is 1.50 bits per heavy atom. The van der Waals surface area contributed by atoms with Crippen molar-refractivity contribution in [2.75, 3.05) is 24.2 Å². The zero-order valence-corrected chi connectivity index (χ0v) is 9.27. The highest BCUT2D eigenvalue weighted by Gasteiger charge is 2.01. The number of hydrogen-bond acceptors (Lipinski definition) is 6. The Balaban J connectivity index is 2.16. The standard InChI is InChI=1S/C10H16N4O2/c1-2-16-9(15)4-3-5-12-10-13-6-8(11)7-14-10/h6-7H,2-5,11H2,1H3,(H,12,13,14). The molecule has 0 saturated carbocycles. The van der Waals surface area contributed by atoms with Gasteiger partial charge in [-0.15, -0.1) is 0 Å². The van der Waals surface area contributed by atoms with Gasteiger partial charge in [0, 0.05) is 13.0 Å². The van der Waals surface area contributed by atoms with Crippen LogP contribution in [-0.4, -0.2) is 29.1 Å². The van der Waals surface area contributed by atoms with E-state index in [1.807, 2.05) is 0 Å². The van der Waals surface area contributed by atoms with E-state index in [1.165, 1.54) is 12.4 Å². The molecular formula is C10H16N4O2. The monoisotopic (exact) mass is 224 g/mol. The van der Waals surface area contributed by atoms with E-state index in [-0.39, 0.29) is 5.97 Å². The molecule has 0 spiro atoms. The first kappa shape index (κ1) is 12.2. The number of ether oxygens (including phenoxy) is 1. The summed E-state index contributed by atoms with van der Waals surface area (Å²) in [7, 11) is 0. The number of nitrogens with one attached hydrogen (secondary N) is 1. The molecule has 0 radical (unpaired) electrons. The molecule has 0 saturated heterocycles. The number of nitrogens with zero attached hydrogens (tertiary/aromatic N) is 2. The molecule has 0 aliphatic carbocycles. The number of nitrogen functional groups attached to an aromatic ring is 1. The number of carbonyl (C=O) groups excluding carboxylic acids is 1. The summed E-state index contributed by atoms with van der Waals surface area (Å²) in [6, 6.07) is 0. The Labute approximate surface area is 94.2 Å². The number of rotatable bonds is 6. The second-order valence-corrected chi connectivity index (χ2v) is 3.18. The molecule has 6 heteroatoms. The summed E-state index contributed by atoms with van der Waals surface area (Å²) >= 11 is 0. The average Bonchev–Trinajstić information content (AvgIpc) is 2.27. The molecule has 0 atom stereocenters. The number of carbonyl (C=O) groups is 1. The average molecular weight is 224 g/mol. The van der Waals surface area contributed by atoms with E-state index in [4.69, 9.17) is 10.5 Å². The van der Waals surface area contributed by atoms with E-state index in [1.54, 1.807) is 6.92 Å². The zero-order chi connectivity index (χ0) is 11.8. The van der Waals surface area contributed by atoms with Crippen LogP contribution < -0.4 is 11.1 Å². The number of hydrogen-bond donors (Lipinski definition) is 2. The summed E-state index contributed by atoms with van der Waals surface area (Å²) in [5, 5.41) is 2.98. The van der Waals surface area contributed by atoms with Gasteiger partial charge in [0.15, 0.2) is 0 Å². The van der Waals surface area contributed by atoms with Gasteiger partial charge in [-0.05, 0) is 13.3 Å². The Hall–Kier alpha value is -1.85. The molecule has 16 heavy (non-hydrogen) atoms. The number of esters is 1. The zero-order valence-electron chi connectivity index (χ0n) is 9.27. The van der Waals surface area contributed by atoms with Crippen molar-refractivity contribution in [2.45, 2.75) is 19.8 Å². The molecule has 0 amide bonds. The fourth-order valence-electron chi connectivity index (χ4n) is 1.10. The number of nitrogens with two attached hydrogens (primary N) is 1. The Bertz CT molecular complexity index is 326. The van der Waals surface area contributed by atoms with Crippen LogP contribution in [0.3, 0.4) is 0 Å². The fourth-order valence-corrected chi connectivity index (χ4v) is 1.10. The Kier molecular flexibility index (Phi) is 5.04. The van der Waals surface area contributed by atoms with Crippen LogP contribution in [0.4, 0.5) is 11.6 Å². The van der Waals surface area contributed by atoms with Gasteiger partial charge in [-0.25, -0.2) is 9.97 Å². The second kappa shape index (κ2) is 6.60. The van der Waals surface area contributed by atoms with Crippen LogP contribution in [0.15, 0.2) is 12.4 Å². The lowest BCUT2D eigenvalue weighted by atomic mass is 10.3. The maximum Gasteiger partial charge on any atom is 0.305 e. The van der Waals surface area contributed by atoms with E-state index in [2.05, 4.69) is 15.3 Å². The molecule has 0 fully saturated rings. The lowest BCUT2D eigenvalue weighted by Crippen LogP contribution is -2.09. The van der Waals surface area contributed by atoms with Gasteiger partial charge in [0.1, 0.15) is 0 Å². The summed E-state index contributed by atoms with van der Waals surface area (Å²) in [6.45, 7) is 2.84. The van der Waals surface area contributed by atoms with Crippen molar-refractivity contribution in [2.24, 2.45) is 0 Å². The molecule has 0 aromatic carbocycles. The van der Waals surface area contributed by atoms with Gasteiger partial charge in [0.25, 0.3) is 0 Å². The van der Waals surface area contributed by atoms with Crippen molar-refractivity contribution in [3.05, 3.63) is 12.4 Å². The topological polar surface area (TPSA) is 90.1 Å². The summed E-state index contributed by atoms with van der Waals surface area (Å²) < 4.78 is 4.80. The molecule has 1 aromatic heterocycles. The Morgan fingerprint density at radius 3 is 2.81 bits per heavy atom. The third-order valence-corrected chi connectivity index (χ3v) is 1.82. The summed E-state index contributed by atoms with van der Waals surface area (Å²) in [5.74, 6) is 0.334. The van der Waals surface area contributed by atoms with E-state index in [0.717, 1.165) is 0 Å². The first-order valence-corrected chi connectivity index (χ1v) is 5.19. The van der Waals surface area contributed by atoms with Crippen molar-refractivity contribution >= 4 is 17.6 Å². The summed E-state index contributed by atoms with van der Waals surface area (Å²) in [5.41, 5.74) is 5.97. The predicted molar refractivity (Wildman–Crippen MR) is 60.8 cm³/mol. The van der Waals surface area contributed by atoms with Crippen LogP contribution in [0.2, 0.25) is 0 Å². The van der Waals surface area contributed by atoms with E-state index in [0.29, 0.717) is 37.6 Å². The maximum absolute atomic E-state index is 11.0. The largest absolute Gasteiger partial charge is 0.466 e. The van der Waals surface area contributed by atoms with Crippen LogP contribution in [0, 0.1) is 0 Å². The van der Waals surface area contributed by atoms with Gasteiger partial charge >= 0.3 is 5.97 Å². The second-order valence-electron chi connectivity index (χ2n) is 3.18. The minimum atomic E-state index is -0.178. The van der Waals surface area contributed by atoms with Crippen LogP contribution in [0.1, 0.15) is 19.8 Å². The van der Waals surface area contributed by atoms with Crippen LogP contribution in [0.25, 0.3) is 0 Å². The van der Waals surface area contributed by atoms with E-state index >= 15 is 0 Å². The SMILES string of the molecule is CCOC(=O)CCCNc1ncc(N)cn1. The fraction of sp³-hybridized carbons (Fsp3) is 0.500. The van der Waals surface area contributed by atoms with Crippen LogP contribution in [-0.2, 0) is 9.53 Å². The lowest BCUT2D eigenvalue weighted by molar-refractivity contribution is -0.143. The van der Waals surface area contributed by atoms with Crippen molar-refractivity contribution < 1.29 is 9.53 Å². The van der Waals surface area contributed by atoms with E-state index in [9.17, 15) is 4.79 Å². The highest BCUT2D eigenvalue weighted by atomic mass is 16.5. The highest BCUT2D eigenvalue weighted by Crippen LogP contribution is 2.01. The third-order valence-electron chi connectivity index (χ3n) is 1.82. The molecule has 0 aliphatic heterocycles. The first-order valence-electron chi connectivity index (χ1n) is 5.19. The Morgan fingerprint density at radius 2 is 2.19 bits per heavy atom. The predicted octanol–water partition coefficient (Wildman–Crippen LogP) is 0.814. The third kappa shape index (κ3) is 4.59. The van der Waals surface area contributed by atoms with Crippen molar-refractivity contribution in [1.82, 2.24) is 9.97 Å². The molecule has 1 rings (SSSR count). The molecule has 3 N–H and O–H groups in total. The van der Waals surface area contributed by atoms with E-state index < -0.39 is 0 Å². The van der Waals surface area contributed by atoms with Gasteiger partial charge in [0.2, 0.25) is 5.95 Å². The maximum atomic E-state index is 11.0. The van der Waals surface area contributed by atoms with Crippen molar-refractivity contribution in [3.8, 4) is 0 Å². The van der Waals surface area contributed by atoms with Gasteiger partial charge in [-0.2, -0.15) is 0 Å². The molecular weight excluding hydrogens is 208 g/mol. The number of aromatic nitrogens is 2. The smallest absolute Gasteiger partial charge is 0.305 e. The molecule has 0 aliphatic rings. The normalized spacial score (nSPS) is 9.81. The molecule has 1 aromatic rings.